The largest absolute Gasteiger partial charge is 0.493 e. The van der Waals surface area contributed by atoms with E-state index in [9.17, 15) is 9.59 Å². The summed E-state index contributed by atoms with van der Waals surface area (Å²) in [5, 5.41) is 3.35. The fraction of sp³-hybridized carbons (Fsp3) is 0.524. The molecule has 0 unspecified atom stereocenters. The number of halogens is 1. The van der Waals surface area contributed by atoms with E-state index in [-0.39, 0.29) is 11.9 Å². The van der Waals surface area contributed by atoms with Crippen LogP contribution in [0.3, 0.4) is 0 Å². The van der Waals surface area contributed by atoms with Gasteiger partial charge in [0.25, 0.3) is 5.91 Å². The van der Waals surface area contributed by atoms with Gasteiger partial charge in [-0.15, -0.1) is 0 Å². The van der Waals surface area contributed by atoms with E-state index in [1.54, 1.807) is 25.1 Å². The van der Waals surface area contributed by atoms with Crippen LogP contribution in [0.5, 0.6) is 11.5 Å². The fourth-order valence-corrected chi connectivity index (χ4v) is 3.50. The van der Waals surface area contributed by atoms with E-state index in [0.717, 1.165) is 25.7 Å². The van der Waals surface area contributed by atoms with E-state index in [0.29, 0.717) is 22.1 Å². The van der Waals surface area contributed by atoms with Crippen LogP contribution in [0.1, 0.15) is 51.0 Å². The van der Waals surface area contributed by atoms with E-state index in [1.165, 1.54) is 33.1 Å². The minimum absolute atomic E-state index is 0.167. The molecule has 1 amide bonds. The minimum Gasteiger partial charge on any atom is -0.493 e. The molecule has 0 saturated heterocycles. The highest BCUT2D eigenvalue weighted by Gasteiger charge is 2.21. The molecule has 1 N–H and O–H groups in total. The first-order chi connectivity index (χ1) is 13.4. The van der Waals surface area contributed by atoms with Crippen molar-refractivity contribution >= 4 is 29.6 Å². The third-order valence-electron chi connectivity index (χ3n) is 4.73. The summed E-state index contributed by atoms with van der Waals surface area (Å²) in [4.78, 5) is 24.3. The second kappa shape index (κ2) is 11.0. The van der Waals surface area contributed by atoms with Crippen LogP contribution >= 0.6 is 11.6 Å². The second-order valence-corrected chi connectivity index (χ2v) is 7.25. The van der Waals surface area contributed by atoms with Gasteiger partial charge in [-0.1, -0.05) is 37.3 Å². The summed E-state index contributed by atoms with van der Waals surface area (Å²) in [7, 11) is 3.00. The van der Waals surface area contributed by atoms with E-state index in [2.05, 4.69) is 5.32 Å². The van der Waals surface area contributed by atoms with Crippen molar-refractivity contribution in [1.82, 2.24) is 5.32 Å². The van der Waals surface area contributed by atoms with Crippen molar-refractivity contribution in [2.75, 3.05) is 14.2 Å². The average molecular weight is 410 g/mol. The normalized spacial score (nSPS) is 16.3. The standard InChI is InChI=1S/C21H28ClNO5/c1-14(21(25)23-16-8-6-4-5-7-9-16)28-19(24)11-10-15-12-17(22)20(27-3)18(13-15)26-2/h10-14,16H,4-9H2,1-3H3,(H,23,25)/b11-10+/t14-/m1/s1. The molecule has 1 aromatic carbocycles. The van der Waals surface area contributed by atoms with Gasteiger partial charge in [-0.3, -0.25) is 4.79 Å². The SMILES string of the molecule is COc1cc(/C=C/C(=O)O[C@H](C)C(=O)NC2CCCCCC2)cc(Cl)c1OC. The number of hydrogen-bond donors (Lipinski definition) is 1. The Morgan fingerprint density at radius 3 is 2.43 bits per heavy atom. The lowest BCUT2D eigenvalue weighted by molar-refractivity contribution is -0.150. The Morgan fingerprint density at radius 1 is 1.14 bits per heavy atom. The van der Waals surface area contributed by atoms with E-state index in [4.69, 9.17) is 25.8 Å². The predicted molar refractivity (Wildman–Crippen MR) is 109 cm³/mol. The molecule has 0 spiro atoms. The quantitative estimate of drug-likeness (QED) is 0.416. The molecule has 6 nitrogen and oxygen atoms in total. The molecule has 0 aromatic heterocycles. The van der Waals surface area contributed by atoms with Gasteiger partial charge in [0.05, 0.1) is 19.2 Å². The van der Waals surface area contributed by atoms with Crippen LogP contribution < -0.4 is 14.8 Å². The van der Waals surface area contributed by atoms with Crippen LogP contribution in [0.2, 0.25) is 5.02 Å². The van der Waals surface area contributed by atoms with Crippen LogP contribution in [-0.4, -0.2) is 38.2 Å². The third kappa shape index (κ3) is 6.44. The molecule has 1 saturated carbocycles. The third-order valence-corrected chi connectivity index (χ3v) is 5.01. The highest BCUT2D eigenvalue weighted by molar-refractivity contribution is 6.32. The van der Waals surface area contributed by atoms with Crippen molar-refractivity contribution in [3.63, 3.8) is 0 Å². The van der Waals surface area contributed by atoms with Gasteiger partial charge in [0.2, 0.25) is 0 Å². The number of hydrogen-bond acceptors (Lipinski definition) is 5. The predicted octanol–water partition coefficient (Wildman–Crippen LogP) is 4.14. The van der Waals surface area contributed by atoms with Crippen LogP contribution in [0.15, 0.2) is 18.2 Å². The van der Waals surface area contributed by atoms with Crippen molar-refractivity contribution in [3.05, 3.63) is 28.8 Å². The Balaban J connectivity index is 1.91. The number of methoxy groups -OCH3 is 2. The molecular formula is C21H28ClNO5. The van der Waals surface area contributed by atoms with Crippen molar-refractivity contribution in [3.8, 4) is 11.5 Å². The van der Waals surface area contributed by atoms with Crippen molar-refractivity contribution in [2.45, 2.75) is 57.6 Å². The summed E-state index contributed by atoms with van der Waals surface area (Å²) in [5.74, 6) is 0.0177. The van der Waals surface area contributed by atoms with Crippen molar-refractivity contribution in [1.29, 1.82) is 0 Å². The van der Waals surface area contributed by atoms with Crippen LogP contribution in [0.4, 0.5) is 0 Å². The molecule has 154 valence electrons. The lowest BCUT2D eigenvalue weighted by Crippen LogP contribution is -2.41. The van der Waals surface area contributed by atoms with Gasteiger partial charge in [0, 0.05) is 12.1 Å². The number of esters is 1. The number of carbonyl (C=O) groups is 2. The number of rotatable bonds is 7. The summed E-state index contributed by atoms with van der Waals surface area (Å²) in [5.41, 5.74) is 0.648. The Labute approximate surface area is 171 Å². The van der Waals surface area contributed by atoms with E-state index in [1.807, 2.05) is 0 Å². The molecule has 7 heteroatoms. The summed E-state index contributed by atoms with van der Waals surface area (Å²) in [6, 6.07) is 3.51. The molecule has 1 aliphatic carbocycles. The summed E-state index contributed by atoms with van der Waals surface area (Å²) < 4.78 is 15.6. The zero-order chi connectivity index (χ0) is 20.5. The maximum Gasteiger partial charge on any atom is 0.331 e. The molecular weight excluding hydrogens is 382 g/mol. The maximum absolute atomic E-state index is 12.3. The first-order valence-electron chi connectivity index (χ1n) is 9.55. The summed E-state index contributed by atoms with van der Waals surface area (Å²) in [6.45, 7) is 1.57. The van der Waals surface area contributed by atoms with Crippen LogP contribution in [0, 0.1) is 0 Å². The molecule has 1 fully saturated rings. The highest BCUT2D eigenvalue weighted by Crippen LogP contribution is 2.36. The Hall–Kier alpha value is -2.21. The fourth-order valence-electron chi connectivity index (χ4n) is 3.21. The number of ether oxygens (including phenoxy) is 3. The first kappa shape index (κ1) is 22.1. The molecule has 0 radical (unpaired) electrons. The lowest BCUT2D eigenvalue weighted by Gasteiger charge is -2.19. The monoisotopic (exact) mass is 409 g/mol. The van der Waals surface area contributed by atoms with Gasteiger partial charge < -0.3 is 19.5 Å². The zero-order valence-corrected chi connectivity index (χ0v) is 17.4. The molecule has 28 heavy (non-hydrogen) atoms. The molecule has 0 bridgehead atoms. The lowest BCUT2D eigenvalue weighted by atomic mass is 10.1. The molecule has 0 heterocycles. The first-order valence-corrected chi connectivity index (χ1v) is 9.93. The summed E-state index contributed by atoms with van der Waals surface area (Å²) in [6.07, 6.45) is 8.57. The number of benzene rings is 1. The number of carbonyl (C=O) groups excluding carboxylic acids is 2. The second-order valence-electron chi connectivity index (χ2n) is 6.85. The van der Waals surface area contributed by atoms with Crippen molar-refractivity contribution in [2.24, 2.45) is 0 Å². The molecule has 1 aromatic rings. The molecule has 1 atom stereocenters. The molecule has 2 rings (SSSR count). The topological polar surface area (TPSA) is 73.9 Å². The number of nitrogens with one attached hydrogen (secondary N) is 1. The number of amides is 1. The zero-order valence-electron chi connectivity index (χ0n) is 16.6. The summed E-state index contributed by atoms with van der Waals surface area (Å²) >= 11 is 6.15. The Morgan fingerprint density at radius 2 is 1.82 bits per heavy atom. The van der Waals surface area contributed by atoms with E-state index < -0.39 is 12.1 Å². The highest BCUT2D eigenvalue weighted by atomic mass is 35.5. The van der Waals surface area contributed by atoms with E-state index >= 15 is 0 Å². The van der Waals surface area contributed by atoms with Gasteiger partial charge >= 0.3 is 5.97 Å². The van der Waals surface area contributed by atoms with Gasteiger partial charge in [0.1, 0.15) is 0 Å². The van der Waals surface area contributed by atoms with Gasteiger partial charge in [-0.25, -0.2) is 4.79 Å². The molecule has 1 aliphatic rings. The molecule has 0 aliphatic heterocycles. The van der Waals surface area contributed by atoms with Crippen LogP contribution in [-0.2, 0) is 14.3 Å². The van der Waals surface area contributed by atoms with Crippen molar-refractivity contribution < 1.29 is 23.8 Å². The van der Waals surface area contributed by atoms with Gasteiger partial charge in [-0.2, -0.15) is 0 Å². The Bertz CT molecular complexity index is 711. The average Bonchev–Trinajstić information content (AvgIpc) is 2.94. The Kier molecular flexibility index (Phi) is 8.64. The minimum atomic E-state index is -0.852. The van der Waals surface area contributed by atoms with Crippen LogP contribution in [0.25, 0.3) is 6.08 Å². The maximum atomic E-state index is 12.3. The van der Waals surface area contributed by atoms with Gasteiger partial charge in [-0.05, 0) is 43.5 Å². The van der Waals surface area contributed by atoms with Gasteiger partial charge in [0.15, 0.2) is 17.6 Å². The smallest absolute Gasteiger partial charge is 0.331 e.